The molecule has 2 N–H and O–H groups in total. The van der Waals surface area contributed by atoms with Gasteiger partial charge in [-0.05, 0) is 13.3 Å². The van der Waals surface area contributed by atoms with Gasteiger partial charge in [-0.3, -0.25) is 14.4 Å². The van der Waals surface area contributed by atoms with E-state index >= 15 is 0 Å². The summed E-state index contributed by atoms with van der Waals surface area (Å²) in [5.41, 5.74) is 1.39. The third-order valence-electron chi connectivity index (χ3n) is 2.26. The van der Waals surface area contributed by atoms with Gasteiger partial charge in [-0.15, -0.1) is 0 Å². The van der Waals surface area contributed by atoms with E-state index in [0.29, 0.717) is 6.42 Å². The SMILES string of the molecule is CONC(=O)C1(C)CC(C)C(=O)N1. The first kappa shape index (κ1) is 9.98. The largest absolute Gasteiger partial charge is 0.342 e. The smallest absolute Gasteiger partial charge is 0.268 e. The van der Waals surface area contributed by atoms with Crippen LogP contribution in [0.2, 0.25) is 0 Å². The number of carbonyl (C=O) groups excluding carboxylic acids is 2. The third-order valence-corrected chi connectivity index (χ3v) is 2.26. The Balaban J connectivity index is 2.68. The maximum atomic E-state index is 11.4. The molecular formula is C8H14N2O3. The summed E-state index contributed by atoms with van der Waals surface area (Å²) in [6.45, 7) is 3.48. The van der Waals surface area contributed by atoms with Crippen LogP contribution in [0.4, 0.5) is 0 Å². The molecule has 1 aliphatic heterocycles. The molecule has 2 unspecified atom stereocenters. The molecule has 1 saturated heterocycles. The normalized spacial score (nSPS) is 32.8. The molecule has 5 nitrogen and oxygen atoms in total. The quantitative estimate of drug-likeness (QED) is 0.575. The van der Waals surface area contributed by atoms with Crippen LogP contribution in [-0.4, -0.2) is 24.5 Å². The molecule has 0 aromatic rings. The van der Waals surface area contributed by atoms with Gasteiger partial charge < -0.3 is 5.32 Å². The number of hydrogen-bond acceptors (Lipinski definition) is 3. The highest BCUT2D eigenvalue weighted by Crippen LogP contribution is 2.24. The zero-order valence-corrected chi connectivity index (χ0v) is 8.01. The topological polar surface area (TPSA) is 67.4 Å². The Hall–Kier alpha value is -1.10. The molecular weight excluding hydrogens is 172 g/mol. The molecule has 0 aromatic carbocycles. The fourth-order valence-corrected chi connectivity index (χ4v) is 1.51. The second-order valence-electron chi connectivity index (χ2n) is 3.56. The zero-order chi connectivity index (χ0) is 10.1. The van der Waals surface area contributed by atoms with E-state index in [1.165, 1.54) is 7.11 Å². The van der Waals surface area contributed by atoms with Crippen LogP contribution >= 0.6 is 0 Å². The minimum Gasteiger partial charge on any atom is -0.342 e. The molecule has 74 valence electrons. The van der Waals surface area contributed by atoms with Gasteiger partial charge in [0.2, 0.25) is 5.91 Å². The summed E-state index contributed by atoms with van der Waals surface area (Å²) in [5, 5.41) is 2.63. The molecule has 1 rings (SSSR count). The van der Waals surface area contributed by atoms with Crippen LogP contribution in [-0.2, 0) is 14.4 Å². The monoisotopic (exact) mass is 186 g/mol. The molecule has 0 radical (unpaired) electrons. The van der Waals surface area contributed by atoms with E-state index in [2.05, 4.69) is 15.6 Å². The Kier molecular flexibility index (Phi) is 2.56. The first-order valence-corrected chi connectivity index (χ1v) is 4.15. The number of hydroxylamine groups is 1. The second-order valence-corrected chi connectivity index (χ2v) is 3.56. The lowest BCUT2D eigenvalue weighted by atomic mass is 9.95. The van der Waals surface area contributed by atoms with Crippen LogP contribution in [0.15, 0.2) is 0 Å². The van der Waals surface area contributed by atoms with Gasteiger partial charge in [0.1, 0.15) is 5.54 Å². The fraction of sp³-hybridized carbons (Fsp3) is 0.750. The fourth-order valence-electron chi connectivity index (χ4n) is 1.51. The van der Waals surface area contributed by atoms with E-state index in [1.807, 2.05) is 0 Å². The van der Waals surface area contributed by atoms with Crippen LogP contribution in [0, 0.1) is 5.92 Å². The van der Waals surface area contributed by atoms with Gasteiger partial charge >= 0.3 is 0 Å². The van der Waals surface area contributed by atoms with Crippen molar-refractivity contribution in [2.45, 2.75) is 25.8 Å². The molecule has 0 saturated carbocycles. The summed E-state index contributed by atoms with van der Waals surface area (Å²) in [4.78, 5) is 27.1. The van der Waals surface area contributed by atoms with Crippen molar-refractivity contribution in [2.75, 3.05) is 7.11 Å². The molecule has 1 fully saturated rings. The highest BCUT2D eigenvalue weighted by atomic mass is 16.6. The van der Waals surface area contributed by atoms with Gasteiger partial charge in [-0.2, -0.15) is 0 Å². The highest BCUT2D eigenvalue weighted by molar-refractivity contribution is 5.94. The maximum absolute atomic E-state index is 11.4. The van der Waals surface area contributed by atoms with Gasteiger partial charge in [0.15, 0.2) is 0 Å². The number of amides is 2. The van der Waals surface area contributed by atoms with Gasteiger partial charge in [-0.25, -0.2) is 5.48 Å². The van der Waals surface area contributed by atoms with Crippen LogP contribution in [0.25, 0.3) is 0 Å². The predicted molar refractivity (Wildman–Crippen MR) is 45.5 cm³/mol. The Bertz CT molecular complexity index is 242. The van der Waals surface area contributed by atoms with Crippen molar-refractivity contribution < 1.29 is 14.4 Å². The molecule has 2 atom stereocenters. The van der Waals surface area contributed by atoms with E-state index in [1.54, 1.807) is 13.8 Å². The minimum atomic E-state index is -0.827. The summed E-state index contributed by atoms with van der Waals surface area (Å²) in [7, 11) is 1.36. The lowest BCUT2D eigenvalue weighted by Gasteiger charge is -2.21. The summed E-state index contributed by atoms with van der Waals surface area (Å²) >= 11 is 0. The van der Waals surface area contributed by atoms with Crippen molar-refractivity contribution in [1.29, 1.82) is 0 Å². The van der Waals surface area contributed by atoms with E-state index < -0.39 is 5.54 Å². The molecule has 0 spiro atoms. The number of nitrogens with one attached hydrogen (secondary N) is 2. The first-order valence-electron chi connectivity index (χ1n) is 4.15. The molecule has 0 aromatic heterocycles. The number of rotatable bonds is 2. The molecule has 1 aliphatic rings. The van der Waals surface area contributed by atoms with Crippen molar-refractivity contribution in [1.82, 2.24) is 10.8 Å². The van der Waals surface area contributed by atoms with E-state index in [4.69, 9.17) is 0 Å². The lowest BCUT2D eigenvalue weighted by molar-refractivity contribution is -0.138. The standard InChI is InChI=1S/C8H14N2O3/c1-5-4-8(2,9-6(5)11)7(12)10-13-3/h5H,4H2,1-3H3,(H,9,11)(H,10,12). The minimum absolute atomic E-state index is 0.0891. The van der Waals surface area contributed by atoms with Gasteiger partial charge in [0.05, 0.1) is 7.11 Å². The molecule has 2 amide bonds. The zero-order valence-electron chi connectivity index (χ0n) is 8.01. The average Bonchev–Trinajstić information content (AvgIpc) is 2.28. The molecule has 0 aliphatic carbocycles. The Morgan fingerprint density at radius 3 is 2.77 bits per heavy atom. The van der Waals surface area contributed by atoms with Crippen LogP contribution in [0.5, 0.6) is 0 Å². The van der Waals surface area contributed by atoms with Gasteiger partial charge in [0, 0.05) is 5.92 Å². The molecule has 5 heteroatoms. The van der Waals surface area contributed by atoms with Crippen molar-refractivity contribution in [3.8, 4) is 0 Å². The molecule has 1 heterocycles. The summed E-state index contributed by atoms with van der Waals surface area (Å²) in [6.07, 6.45) is 0.501. The van der Waals surface area contributed by atoms with E-state index in [9.17, 15) is 9.59 Å². The third kappa shape index (κ3) is 1.80. The molecule has 0 bridgehead atoms. The van der Waals surface area contributed by atoms with E-state index in [0.717, 1.165) is 0 Å². The Labute approximate surface area is 76.8 Å². The Morgan fingerprint density at radius 2 is 2.38 bits per heavy atom. The van der Waals surface area contributed by atoms with Crippen LogP contribution in [0.3, 0.4) is 0 Å². The first-order chi connectivity index (χ1) is 5.99. The Morgan fingerprint density at radius 1 is 1.77 bits per heavy atom. The van der Waals surface area contributed by atoms with E-state index in [-0.39, 0.29) is 17.7 Å². The summed E-state index contributed by atoms with van der Waals surface area (Å²) < 4.78 is 0. The van der Waals surface area contributed by atoms with Gasteiger partial charge in [-0.1, -0.05) is 6.92 Å². The van der Waals surface area contributed by atoms with Crippen molar-refractivity contribution >= 4 is 11.8 Å². The second kappa shape index (κ2) is 3.33. The number of hydrogen-bond donors (Lipinski definition) is 2. The predicted octanol–water partition coefficient (Wildman–Crippen LogP) is -0.421. The summed E-state index contributed by atoms with van der Waals surface area (Å²) in [5.74, 6) is -0.519. The van der Waals surface area contributed by atoms with Crippen molar-refractivity contribution in [3.63, 3.8) is 0 Å². The van der Waals surface area contributed by atoms with Crippen molar-refractivity contribution in [3.05, 3.63) is 0 Å². The number of carbonyl (C=O) groups is 2. The maximum Gasteiger partial charge on any atom is 0.268 e. The lowest BCUT2D eigenvalue weighted by Crippen LogP contribution is -2.51. The average molecular weight is 186 g/mol. The van der Waals surface area contributed by atoms with Crippen LogP contribution in [0.1, 0.15) is 20.3 Å². The summed E-state index contributed by atoms with van der Waals surface area (Å²) in [6, 6.07) is 0. The highest BCUT2D eigenvalue weighted by Gasteiger charge is 2.44. The van der Waals surface area contributed by atoms with Crippen molar-refractivity contribution in [2.24, 2.45) is 5.92 Å². The van der Waals surface area contributed by atoms with Gasteiger partial charge in [0.25, 0.3) is 5.91 Å². The van der Waals surface area contributed by atoms with Crippen LogP contribution < -0.4 is 10.8 Å². The molecule has 13 heavy (non-hydrogen) atoms.